The summed E-state index contributed by atoms with van der Waals surface area (Å²) in [5, 5.41) is 0. The van der Waals surface area contributed by atoms with Gasteiger partial charge < -0.3 is 4.98 Å². The van der Waals surface area contributed by atoms with Crippen molar-refractivity contribution in [2.75, 3.05) is 0 Å². The van der Waals surface area contributed by atoms with E-state index in [9.17, 15) is 0 Å². The van der Waals surface area contributed by atoms with Crippen LogP contribution in [0.4, 0.5) is 0 Å². The molecule has 0 aliphatic carbocycles. The molecule has 0 atom stereocenters. The van der Waals surface area contributed by atoms with Crippen LogP contribution in [-0.2, 0) is 20.1 Å². The third-order valence-electron chi connectivity index (χ3n) is 3.00. The van der Waals surface area contributed by atoms with Crippen LogP contribution in [0.15, 0.2) is 60.9 Å². The Morgan fingerprint density at radius 1 is 0.950 bits per heavy atom. The van der Waals surface area contributed by atoms with Crippen LogP contribution in [-0.4, -0.2) is 9.97 Å². The van der Waals surface area contributed by atoms with Gasteiger partial charge in [-0.2, -0.15) is 0 Å². The van der Waals surface area contributed by atoms with Crippen LogP contribution in [0.1, 0.15) is 5.69 Å². The van der Waals surface area contributed by atoms with Crippen molar-refractivity contribution in [3.8, 4) is 22.4 Å². The zero-order valence-corrected chi connectivity index (χ0v) is 13.4. The first-order valence-corrected chi connectivity index (χ1v) is 6.20. The molecule has 0 aliphatic heterocycles. The summed E-state index contributed by atoms with van der Waals surface area (Å²) in [5.74, 6) is 0. The molecule has 0 amide bonds. The number of pyridine rings is 2. The fraction of sp³-hybridized carbons (Fsp3) is 0.0588. The van der Waals surface area contributed by atoms with Gasteiger partial charge in [0.15, 0.2) is 0 Å². The molecule has 2 nitrogen and oxygen atoms in total. The van der Waals surface area contributed by atoms with Crippen LogP contribution < -0.4 is 0 Å². The molecular weight excluding hydrogens is 424 g/mol. The zero-order chi connectivity index (χ0) is 13.1. The van der Waals surface area contributed by atoms with E-state index in [0.29, 0.717) is 0 Å². The number of benzene rings is 1. The van der Waals surface area contributed by atoms with Gasteiger partial charge in [0.05, 0.1) is 0 Å². The fourth-order valence-electron chi connectivity index (χ4n) is 2.03. The van der Waals surface area contributed by atoms with Gasteiger partial charge in [-0.3, -0.25) is 4.98 Å². The largest absolute Gasteiger partial charge is 0.305 e. The standard InChI is InChI=1S/C17H13N2.Ir/c1-13-9-10-14(12-19-13)15-6-2-3-7-16(15)17-8-4-5-11-18-17;/h2-6,8-12H,1H3;/q-1;. The van der Waals surface area contributed by atoms with Crippen molar-refractivity contribution in [2.45, 2.75) is 6.92 Å². The molecule has 0 aliphatic rings. The summed E-state index contributed by atoms with van der Waals surface area (Å²) in [4.78, 5) is 8.76. The molecule has 1 aromatic carbocycles. The van der Waals surface area contributed by atoms with Gasteiger partial charge in [0.25, 0.3) is 0 Å². The van der Waals surface area contributed by atoms with Crippen LogP contribution in [0, 0.1) is 13.0 Å². The molecular formula is C17H13IrN2-. The normalized spacial score (nSPS) is 9.85. The Kier molecular flexibility index (Phi) is 4.78. The van der Waals surface area contributed by atoms with Crippen LogP contribution in [0.5, 0.6) is 0 Å². The number of aryl methyl sites for hydroxylation is 1. The summed E-state index contributed by atoms with van der Waals surface area (Å²) < 4.78 is 0. The van der Waals surface area contributed by atoms with Gasteiger partial charge in [0.1, 0.15) is 0 Å². The van der Waals surface area contributed by atoms with Gasteiger partial charge in [0.2, 0.25) is 0 Å². The molecule has 3 aromatic rings. The second-order valence-corrected chi connectivity index (χ2v) is 4.36. The van der Waals surface area contributed by atoms with E-state index < -0.39 is 0 Å². The maximum atomic E-state index is 4.40. The summed E-state index contributed by atoms with van der Waals surface area (Å²) in [7, 11) is 0. The first kappa shape index (κ1) is 14.6. The van der Waals surface area contributed by atoms with E-state index in [1.165, 1.54) is 0 Å². The summed E-state index contributed by atoms with van der Waals surface area (Å²) in [6.45, 7) is 1.99. The topological polar surface area (TPSA) is 25.8 Å². The molecule has 0 saturated heterocycles. The van der Waals surface area contributed by atoms with E-state index >= 15 is 0 Å². The Bertz CT molecular complexity index is 679. The van der Waals surface area contributed by atoms with Crippen molar-refractivity contribution < 1.29 is 20.1 Å². The maximum Gasteiger partial charge on any atom is 0.0372 e. The molecule has 0 spiro atoms. The molecule has 0 saturated carbocycles. The Morgan fingerprint density at radius 3 is 2.55 bits per heavy atom. The number of hydrogen-bond acceptors (Lipinski definition) is 2. The molecule has 2 heterocycles. The summed E-state index contributed by atoms with van der Waals surface area (Å²) in [6.07, 6.45) is 3.69. The van der Waals surface area contributed by atoms with Crippen LogP contribution in [0.2, 0.25) is 0 Å². The average Bonchev–Trinajstić information content (AvgIpc) is 2.49. The van der Waals surface area contributed by atoms with E-state index in [0.717, 1.165) is 28.1 Å². The van der Waals surface area contributed by atoms with Crippen LogP contribution in [0.3, 0.4) is 0 Å². The second-order valence-electron chi connectivity index (χ2n) is 4.36. The van der Waals surface area contributed by atoms with E-state index in [1.807, 2.05) is 49.5 Å². The maximum absolute atomic E-state index is 4.40. The zero-order valence-electron chi connectivity index (χ0n) is 11.0. The molecule has 3 rings (SSSR count). The molecule has 0 unspecified atom stereocenters. The number of hydrogen-bond donors (Lipinski definition) is 0. The molecule has 0 fully saturated rings. The monoisotopic (exact) mass is 438 g/mol. The van der Waals surface area contributed by atoms with E-state index in [4.69, 9.17) is 0 Å². The van der Waals surface area contributed by atoms with Crippen molar-refractivity contribution in [1.29, 1.82) is 0 Å². The minimum atomic E-state index is 0. The van der Waals surface area contributed by atoms with Gasteiger partial charge in [0, 0.05) is 38.2 Å². The van der Waals surface area contributed by atoms with Gasteiger partial charge >= 0.3 is 0 Å². The minimum Gasteiger partial charge on any atom is -0.305 e. The van der Waals surface area contributed by atoms with Crippen molar-refractivity contribution in [3.05, 3.63) is 72.7 Å². The van der Waals surface area contributed by atoms with Crippen molar-refractivity contribution in [2.24, 2.45) is 0 Å². The summed E-state index contributed by atoms with van der Waals surface area (Å²) in [5.41, 5.74) is 5.15. The third kappa shape index (κ3) is 3.01. The Labute approximate surface area is 132 Å². The van der Waals surface area contributed by atoms with E-state index in [-0.39, 0.29) is 20.1 Å². The predicted molar refractivity (Wildman–Crippen MR) is 76.5 cm³/mol. The predicted octanol–water partition coefficient (Wildman–Crippen LogP) is 3.92. The SMILES string of the molecule is Cc1ccc(-c2ccc[c-]c2-c2ccccn2)cn1.[Ir]. The van der Waals surface area contributed by atoms with Crippen molar-refractivity contribution in [3.63, 3.8) is 0 Å². The second kappa shape index (κ2) is 6.55. The Morgan fingerprint density at radius 2 is 1.85 bits per heavy atom. The molecule has 101 valence electrons. The fourth-order valence-corrected chi connectivity index (χ4v) is 2.03. The molecule has 0 bridgehead atoms. The van der Waals surface area contributed by atoms with Gasteiger partial charge in [-0.15, -0.1) is 29.8 Å². The molecule has 1 radical (unpaired) electrons. The third-order valence-corrected chi connectivity index (χ3v) is 3.00. The van der Waals surface area contributed by atoms with Crippen LogP contribution >= 0.6 is 0 Å². The Hall–Kier alpha value is -1.83. The first-order valence-electron chi connectivity index (χ1n) is 6.20. The van der Waals surface area contributed by atoms with Gasteiger partial charge in [-0.1, -0.05) is 23.8 Å². The number of nitrogens with zero attached hydrogens (tertiary/aromatic N) is 2. The summed E-state index contributed by atoms with van der Waals surface area (Å²) in [6, 6.07) is 19.3. The van der Waals surface area contributed by atoms with Crippen molar-refractivity contribution >= 4 is 0 Å². The Balaban J connectivity index is 0.00000147. The molecule has 2 aromatic heterocycles. The average molecular weight is 438 g/mol. The quantitative estimate of drug-likeness (QED) is 0.568. The van der Waals surface area contributed by atoms with Crippen molar-refractivity contribution in [1.82, 2.24) is 9.97 Å². The smallest absolute Gasteiger partial charge is 0.0372 e. The van der Waals surface area contributed by atoms with E-state index in [2.05, 4.69) is 28.2 Å². The van der Waals surface area contributed by atoms with Gasteiger partial charge in [-0.25, -0.2) is 0 Å². The number of aromatic nitrogens is 2. The molecule has 0 N–H and O–H groups in total. The minimum absolute atomic E-state index is 0. The number of rotatable bonds is 2. The first-order chi connectivity index (χ1) is 9.34. The van der Waals surface area contributed by atoms with Crippen LogP contribution in [0.25, 0.3) is 22.4 Å². The molecule has 3 heteroatoms. The molecule has 20 heavy (non-hydrogen) atoms. The summed E-state index contributed by atoms with van der Waals surface area (Å²) >= 11 is 0. The van der Waals surface area contributed by atoms with Gasteiger partial charge in [-0.05, 0) is 30.3 Å². The van der Waals surface area contributed by atoms with E-state index in [1.54, 1.807) is 6.20 Å².